The van der Waals surface area contributed by atoms with E-state index in [-0.39, 0.29) is 11.3 Å². The normalized spacial score (nSPS) is 17.9. The molecule has 0 saturated heterocycles. The van der Waals surface area contributed by atoms with Crippen molar-refractivity contribution in [2.24, 2.45) is 0 Å². The van der Waals surface area contributed by atoms with E-state index < -0.39 is 7.37 Å². The minimum absolute atomic E-state index is 0.0781. The Labute approximate surface area is 120 Å². The predicted octanol–water partition coefficient (Wildman–Crippen LogP) is 5.34. The Morgan fingerprint density at radius 3 is 1.42 bits per heavy atom. The largest absolute Gasteiger partial charge is 0.799 e. The molecule has 0 fully saturated rings. The number of hydrogen-bond donors (Lipinski definition) is 0. The second-order valence-corrected chi connectivity index (χ2v) is 8.51. The molecule has 0 aromatic heterocycles. The second kappa shape index (κ2) is 10.9. The molecule has 19 heavy (non-hydrogen) atoms. The highest BCUT2D eigenvalue weighted by atomic mass is 31.2. The van der Waals surface area contributed by atoms with Crippen LogP contribution >= 0.6 is 7.37 Å². The standard InChI is InChI=1S/C16H35O2P/c1-5-9-11-13-15(7-3)19(17,18)16(8-4)14-12-10-6-2/h15-16H,5-14H2,1-4H3,(H,17,18)/p-1. The van der Waals surface area contributed by atoms with Crippen LogP contribution in [0.25, 0.3) is 0 Å². The van der Waals surface area contributed by atoms with Crippen molar-refractivity contribution in [2.75, 3.05) is 0 Å². The van der Waals surface area contributed by atoms with Gasteiger partial charge in [0.25, 0.3) is 0 Å². The van der Waals surface area contributed by atoms with Gasteiger partial charge in [0.1, 0.15) is 0 Å². The van der Waals surface area contributed by atoms with Crippen molar-refractivity contribution in [3.8, 4) is 0 Å². The van der Waals surface area contributed by atoms with Crippen LogP contribution in [0.2, 0.25) is 0 Å². The average Bonchev–Trinajstić information content (AvgIpc) is 2.39. The van der Waals surface area contributed by atoms with Gasteiger partial charge >= 0.3 is 0 Å². The van der Waals surface area contributed by atoms with E-state index in [1.807, 2.05) is 13.8 Å². The Morgan fingerprint density at radius 1 is 0.789 bits per heavy atom. The first-order valence-electron chi connectivity index (χ1n) is 8.34. The first kappa shape index (κ1) is 19.2. The summed E-state index contributed by atoms with van der Waals surface area (Å²) in [5.74, 6) is 0. The quantitative estimate of drug-likeness (QED) is 0.359. The molecule has 3 heteroatoms. The molecule has 2 atom stereocenters. The van der Waals surface area contributed by atoms with Crippen molar-refractivity contribution < 1.29 is 9.46 Å². The first-order valence-corrected chi connectivity index (χ1v) is 10.1. The van der Waals surface area contributed by atoms with Gasteiger partial charge in [0.2, 0.25) is 0 Å². The number of hydrogen-bond acceptors (Lipinski definition) is 2. The van der Waals surface area contributed by atoms with Gasteiger partial charge in [-0.05, 0) is 37.0 Å². The third-order valence-electron chi connectivity index (χ3n) is 4.24. The Bertz CT molecular complexity index is 231. The maximum atomic E-state index is 12.7. The van der Waals surface area contributed by atoms with Crippen LogP contribution in [0.5, 0.6) is 0 Å². The molecule has 2 nitrogen and oxygen atoms in total. The van der Waals surface area contributed by atoms with Crippen LogP contribution in [0.3, 0.4) is 0 Å². The zero-order valence-electron chi connectivity index (χ0n) is 13.5. The molecule has 0 amide bonds. The smallest absolute Gasteiger partial charge is 0.0207 e. The van der Waals surface area contributed by atoms with Gasteiger partial charge in [-0.2, -0.15) is 0 Å². The maximum Gasteiger partial charge on any atom is 0.0207 e. The van der Waals surface area contributed by atoms with Crippen LogP contribution < -0.4 is 4.89 Å². The molecule has 0 heterocycles. The summed E-state index contributed by atoms with van der Waals surface area (Å²) in [6, 6.07) is 0. The van der Waals surface area contributed by atoms with Crippen LogP contribution in [-0.4, -0.2) is 11.3 Å². The van der Waals surface area contributed by atoms with Crippen LogP contribution in [0, 0.1) is 0 Å². The molecule has 0 aromatic rings. The molecule has 0 N–H and O–H groups in total. The van der Waals surface area contributed by atoms with E-state index in [0.29, 0.717) is 0 Å². The minimum atomic E-state index is -3.24. The summed E-state index contributed by atoms with van der Waals surface area (Å²) < 4.78 is 12.7. The van der Waals surface area contributed by atoms with Gasteiger partial charge in [-0.15, -0.1) is 0 Å². The Morgan fingerprint density at radius 2 is 1.16 bits per heavy atom. The molecule has 0 spiro atoms. The summed E-state index contributed by atoms with van der Waals surface area (Å²) in [5, 5.41) is 0. The zero-order valence-corrected chi connectivity index (χ0v) is 14.4. The van der Waals surface area contributed by atoms with Gasteiger partial charge in [0.05, 0.1) is 0 Å². The highest BCUT2D eigenvalue weighted by Gasteiger charge is 2.27. The summed E-state index contributed by atoms with van der Waals surface area (Å²) >= 11 is 0. The summed E-state index contributed by atoms with van der Waals surface area (Å²) in [6.45, 7) is 8.38. The molecule has 0 aliphatic carbocycles. The van der Waals surface area contributed by atoms with Gasteiger partial charge in [-0.3, -0.25) is 0 Å². The fraction of sp³-hybridized carbons (Fsp3) is 1.00. The van der Waals surface area contributed by atoms with Gasteiger partial charge < -0.3 is 9.46 Å². The van der Waals surface area contributed by atoms with Crippen LogP contribution in [-0.2, 0) is 4.57 Å². The summed E-state index contributed by atoms with van der Waals surface area (Å²) in [6.07, 6.45) is 10.1. The molecule has 0 aliphatic heterocycles. The first-order chi connectivity index (χ1) is 9.04. The SMILES string of the molecule is CCCCCC(CC)P(=O)([O-])C(CC)CCCCC. The lowest BCUT2D eigenvalue weighted by Crippen LogP contribution is -2.26. The Balaban J connectivity index is 4.51. The lowest BCUT2D eigenvalue weighted by Gasteiger charge is -2.39. The molecule has 0 saturated carbocycles. The Hall–Kier alpha value is 0.190. The third-order valence-corrected chi connectivity index (χ3v) is 7.52. The molecule has 0 aliphatic rings. The third kappa shape index (κ3) is 6.95. The topological polar surface area (TPSA) is 40.1 Å². The van der Waals surface area contributed by atoms with Crippen molar-refractivity contribution in [3.63, 3.8) is 0 Å². The zero-order chi connectivity index (χ0) is 14.7. The molecule has 0 radical (unpaired) electrons. The monoisotopic (exact) mass is 289 g/mol. The van der Waals surface area contributed by atoms with E-state index in [9.17, 15) is 9.46 Å². The van der Waals surface area contributed by atoms with Gasteiger partial charge in [-0.1, -0.05) is 66.2 Å². The predicted molar refractivity (Wildman–Crippen MR) is 84.0 cm³/mol. The Kier molecular flexibility index (Phi) is 11.0. The van der Waals surface area contributed by atoms with Crippen molar-refractivity contribution >= 4 is 7.37 Å². The average molecular weight is 289 g/mol. The highest BCUT2D eigenvalue weighted by Crippen LogP contribution is 2.53. The highest BCUT2D eigenvalue weighted by molar-refractivity contribution is 7.58. The summed E-state index contributed by atoms with van der Waals surface area (Å²) in [7, 11) is -3.24. The van der Waals surface area contributed by atoms with Crippen LogP contribution in [0.4, 0.5) is 0 Å². The minimum Gasteiger partial charge on any atom is -0.799 e. The van der Waals surface area contributed by atoms with Crippen molar-refractivity contribution in [1.29, 1.82) is 0 Å². The van der Waals surface area contributed by atoms with Crippen molar-refractivity contribution in [2.45, 2.75) is 103 Å². The van der Waals surface area contributed by atoms with E-state index in [1.165, 1.54) is 0 Å². The summed E-state index contributed by atoms with van der Waals surface area (Å²) in [5.41, 5.74) is -0.156. The molecule has 2 unspecified atom stereocenters. The fourth-order valence-electron chi connectivity index (χ4n) is 2.84. The van der Waals surface area contributed by atoms with Gasteiger partial charge in [-0.25, -0.2) is 0 Å². The van der Waals surface area contributed by atoms with Crippen LogP contribution in [0.1, 0.15) is 91.9 Å². The molecule has 116 valence electrons. The van der Waals surface area contributed by atoms with Gasteiger partial charge in [0, 0.05) is 7.37 Å². The summed E-state index contributed by atoms with van der Waals surface area (Å²) in [4.78, 5) is 12.7. The van der Waals surface area contributed by atoms with E-state index in [4.69, 9.17) is 0 Å². The van der Waals surface area contributed by atoms with Crippen molar-refractivity contribution in [3.05, 3.63) is 0 Å². The van der Waals surface area contributed by atoms with Crippen molar-refractivity contribution in [1.82, 2.24) is 0 Å². The molecular formula is C16H34O2P-. The molecule has 0 aromatic carbocycles. The maximum absolute atomic E-state index is 12.7. The van der Waals surface area contributed by atoms with E-state index in [2.05, 4.69) is 13.8 Å². The van der Waals surface area contributed by atoms with E-state index in [1.54, 1.807) is 0 Å². The number of unbranched alkanes of at least 4 members (excludes halogenated alkanes) is 4. The van der Waals surface area contributed by atoms with Gasteiger partial charge in [0.15, 0.2) is 0 Å². The number of rotatable bonds is 12. The van der Waals surface area contributed by atoms with E-state index >= 15 is 0 Å². The van der Waals surface area contributed by atoms with Crippen LogP contribution in [0.15, 0.2) is 0 Å². The van der Waals surface area contributed by atoms with E-state index in [0.717, 1.165) is 64.2 Å². The lowest BCUT2D eigenvalue weighted by molar-refractivity contribution is -0.180. The molecule has 0 rings (SSSR count). The lowest BCUT2D eigenvalue weighted by atomic mass is 10.1. The fourth-order valence-corrected chi connectivity index (χ4v) is 5.53. The second-order valence-electron chi connectivity index (χ2n) is 5.76. The molecular weight excluding hydrogens is 255 g/mol. The molecule has 0 bridgehead atoms.